The summed E-state index contributed by atoms with van der Waals surface area (Å²) in [4.78, 5) is 41.1. The number of phenols is 1. The van der Waals surface area contributed by atoms with E-state index in [-0.39, 0.29) is 5.56 Å². The number of aliphatic hydroxyl groups excluding tert-OH is 3. The highest BCUT2D eigenvalue weighted by atomic mass is 16.5. The van der Waals surface area contributed by atoms with Crippen LogP contribution in [0.5, 0.6) is 17.2 Å². The second-order valence-electron chi connectivity index (χ2n) is 14.0. The Kier molecular flexibility index (Phi) is 10.8. The predicted molar refractivity (Wildman–Crippen MR) is 195 cm³/mol. The Hall–Kier alpha value is -4.99. The first-order valence-electron chi connectivity index (χ1n) is 18.2. The number of aromatic hydroxyl groups is 1. The number of nitrogens with zero attached hydrogens (tertiary/aromatic N) is 1. The molecule has 4 aliphatic rings. The van der Waals surface area contributed by atoms with Gasteiger partial charge in [-0.25, -0.2) is 0 Å². The Morgan fingerprint density at radius 1 is 1.00 bits per heavy atom. The first-order valence-corrected chi connectivity index (χ1v) is 18.2. The van der Waals surface area contributed by atoms with E-state index >= 15 is 0 Å². The molecule has 286 valence electrons. The van der Waals surface area contributed by atoms with Crippen LogP contribution in [0.15, 0.2) is 41.2 Å². The summed E-state index contributed by atoms with van der Waals surface area (Å²) in [6, 6.07) is 6.67. The number of nitrogens with two attached hydrogens (primary N) is 1. The zero-order valence-electron chi connectivity index (χ0n) is 30.1. The number of carbonyl (C=O) groups is 3. The van der Waals surface area contributed by atoms with Crippen LogP contribution in [0.1, 0.15) is 69.9 Å². The Balaban J connectivity index is 1.40. The van der Waals surface area contributed by atoms with Gasteiger partial charge in [0, 0.05) is 49.1 Å². The van der Waals surface area contributed by atoms with E-state index in [1.54, 1.807) is 13.0 Å². The van der Waals surface area contributed by atoms with E-state index < -0.39 is 81.8 Å². The van der Waals surface area contributed by atoms with Gasteiger partial charge in [-0.1, -0.05) is 33.6 Å². The van der Waals surface area contributed by atoms with E-state index in [2.05, 4.69) is 29.6 Å². The molecule has 1 aliphatic heterocycles. The summed E-state index contributed by atoms with van der Waals surface area (Å²) in [7, 11) is 0. The van der Waals surface area contributed by atoms with Gasteiger partial charge in [-0.15, -0.1) is 0 Å². The number of aliphatic hydroxyl groups is 4. The van der Waals surface area contributed by atoms with Gasteiger partial charge in [0.15, 0.2) is 11.4 Å². The molecule has 15 heteroatoms. The van der Waals surface area contributed by atoms with Crippen LogP contribution in [0.3, 0.4) is 0 Å². The topological polar surface area (TPSA) is 233 Å². The van der Waals surface area contributed by atoms with Gasteiger partial charge in [0.1, 0.15) is 34.3 Å². The second-order valence-corrected chi connectivity index (χ2v) is 14.0. The molecule has 15 nitrogen and oxygen atoms in total. The van der Waals surface area contributed by atoms with Crippen LogP contribution in [-0.4, -0.2) is 94.2 Å². The van der Waals surface area contributed by atoms with E-state index in [1.807, 2.05) is 12.1 Å². The lowest BCUT2D eigenvalue weighted by atomic mass is 9.55. The number of anilines is 3. The number of primary amides is 1. The molecule has 5 atom stereocenters. The fourth-order valence-corrected chi connectivity index (χ4v) is 7.91. The number of hydrazine groups is 1. The number of amides is 1. The standard InChI is InChI=1S/C38H48N4O11/c1-4-6-12-52-26-18-23(42-10-14-51-15-11-42)27(53-13-7-5-2)17-22(26)41-40-21-8-9-24(43)30-28(21)19(3)29-32(34(30)46)36(48)38(50)20(33(29)45)16-25(44)31(35(38)47)37(39)49/h8-9,17-20,29,33,40-41,43,45-47,50H,4-7,10-16H2,1-3H3,(H2,39,49)/t19?,20-,29-,33-,38-/m1/s1. The summed E-state index contributed by atoms with van der Waals surface area (Å²) >= 11 is 0. The number of morpholine rings is 1. The summed E-state index contributed by atoms with van der Waals surface area (Å²) in [6.45, 7) is 9.33. The molecule has 0 radical (unpaired) electrons. The fraction of sp³-hybridized carbons (Fsp3) is 0.500. The number of rotatable bonds is 13. The number of ketones is 2. The highest BCUT2D eigenvalue weighted by Gasteiger charge is 2.65. The molecule has 53 heavy (non-hydrogen) atoms. The maximum absolute atomic E-state index is 14.1. The molecule has 0 bridgehead atoms. The lowest BCUT2D eigenvalue weighted by Gasteiger charge is -2.50. The van der Waals surface area contributed by atoms with Crippen molar-refractivity contribution >= 4 is 40.3 Å². The molecule has 0 spiro atoms. The van der Waals surface area contributed by atoms with Crippen molar-refractivity contribution in [1.29, 1.82) is 0 Å². The third-order valence-electron chi connectivity index (χ3n) is 10.7. The number of hydrogen-bond acceptors (Lipinski definition) is 14. The van der Waals surface area contributed by atoms with Crippen LogP contribution in [-0.2, 0) is 19.1 Å². The molecule has 1 unspecified atom stereocenters. The molecule has 2 fully saturated rings. The number of carbonyl (C=O) groups excluding carboxylic acids is 3. The van der Waals surface area contributed by atoms with Crippen LogP contribution in [0.25, 0.3) is 5.76 Å². The Morgan fingerprint density at radius 3 is 2.28 bits per heavy atom. The van der Waals surface area contributed by atoms with Crippen molar-refractivity contribution in [2.24, 2.45) is 17.6 Å². The van der Waals surface area contributed by atoms with E-state index in [1.165, 1.54) is 6.07 Å². The summed E-state index contributed by atoms with van der Waals surface area (Å²) in [5.41, 5.74) is 9.36. The van der Waals surface area contributed by atoms with Gasteiger partial charge < -0.3 is 55.8 Å². The Morgan fingerprint density at radius 2 is 1.64 bits per heavy atom. The number of nitrogens with one attached hydrogen (secondary N) is 2. The minimum absolute atomic E-state index is 0.130. The van der Waals surface area contributed by atoms with E-state index in [0.717, 1.165) is 31.4 Å². The number of phenolic OH excluding ortho intramolecular Hbond substituents is 1. The minimum atomic E-state index is -2.92. The third-order valence-corrected chi connectivity index (χ3v) is 10.7. The summed E-state index contributed by atoms with van der Waals surface area (Å²) < 4.78 is 18.1. The average molecular weight is 737 g/mol. The van der Waals surface area contributed by atoms with E-state index in [0.29, 0.717) is 68.0 Å². The summed E-state index contributed by atoms with van der Waals surface area (Å²) in [6.07, 6.45) is 1.25. The number of unbranched alkanes of at least 4 members (excludes halogenated alkanes) is 2. The average Bonchev–Trinajstić information content (AvgIpc) is 3.13. The van der Waals surface area contributed by atoms with Gasteiger partial charge in [0.2, 0.25) is 5.78 Å². The van der Waals surface area contributed by atoms with Crippen molar-refractivity contribution in [3.63, 3.8) is 0 Å². The first-order chi connectivity index (χ1) is 25.4. The first kappa shape index (κ1) is 37.8. The highest BCUT2D eigenvalue weighted by Crippen LogP contribution is 2.57. The molecule has 6 rings (SSSR count). The quantitative estimate of drug-likeness (QED) is 0.0636. The third kappa shape index (κ3) is 6.50. The molecule has 2 aromatic carbocycles. The highest BCUT2D eigenvalue weighted by molar-refractivity contribution is 6.23. The molecule has 2 aromatic rings. The maximum atomic E-state index is 14.1. The largest absolute Gasteiger partial charge is 0.508 e. The van der Waals surface area contributed by atoms with Crippen molar-refractivity contribution < 1.29 is 54.1 Å². The van der Waals surface area contributed by atoms with Crippen molar-refractivity contribution in [2.45, 2.75) is 70.5 Å². The molecule has 1 saturated heterocycles. The van der Waals surface area contributed by atoms with Gasteiger partial charge in [-0.05, 0) is 36.5 Å². The number of benzene rings is 2. The van der Waals surface area contributed by atoms with Crippen molar-refractivity contribution in [2.75, 3.05) is 55.3 Å². The predicted octanol–water partition coefficient (Wildman–Crippen LogP) is 3.59. The Bertz CT molecular complexity index is 1850. The second kappa shape index (κ2) is 15.2. The van der Waals surface area contributed by atoms with E-state index in [4.69, 9.17) is 19.9 Å². The van der Waals surface area contributed by atoms with Crippen molar-refractivity contribution in [3.05, 3.63) is 52.3 Å². The van der Waals surface area contributed by atoms with E-state index in [9.17, 15) is 39.9 Å². The lowest BCUT2D eigenvalue weighted by Crippen LogP contribution is -2.63. The number of Topliss-reactive ketones (excluding diaryl/α,β-unsaturated/α-hetero) is 2. The molecule has 3 aliphatic carbocycles. The smallest absolute Gasteiger partial charge is 0.255 e. The monoisotopic (exact) mass is 736 g/mol. The molecule has 1 saturated carbocycles. The molecule has 0 aromatic heterocycles. The van der Waals surface area contributed by atoms with Gasteiger partial charge in [-0.2, -0.15) is 0 Å². The van der Waals surface area contributed by atoms with Crippen LogP contribution < -0.4 is 31.0 Å². The molecule has 1 heterocycles. The normalized spacial score (nSPS) is 25.4. The summed E-state index contributed by atoms with van der Waals surface area (Å²) in [5.74, 6) is -8.22. The van der Waals surface area contributed by atoms with Gasteiger partial charge in [0.25, 0.3) is 5.91 Å². The van der Waals surface area contributed by atoms with Crippen LogP contribution >= 0.6 is 0 Å². The summed E-state index contributed by atoms with van der Waals surface area (Å²) in [5, 5.41) is 57.0. The molecular weight excluding hydrogens is 688 g/mol. The molecule has 1 amide bonds. The van der Waals surface area contributed by atoms with Crippen LogP contribution in [0.2, 0.25) is 0 Å². The van der Waals surface area contributed by atoms with Crippen molar-refractivity contribution in [1.82, 2.24) is 0 Å². The van der Waals surface area contributed by atoms with Crippen LogP contribution in [0.4, 0.5) is 17.1 Å². The number of ether oxygens (including phenoxy) is 3. The zero-order chi connectivity index (χ0) is 38.2. The SMILES string of the molecule is CCCCOc1cc(N2CCOCC2)c(OCCCC)cc1NNc1ccc(O)c2c1C(C)[C@@H]1C(=C2O)C(=O)[C@]2(O)C(O)=C(C(N)=O)C(=O)C[C@@H]2[C@H]1O. The van der Waals surface area contributed by atoms with Gasteiger partial charge in [-0.3, -0.25) is 19.8 Å². The lowest BCUT2D eigenvalue weighted by molar-refractivity contribution is -0.160. The Labute approximate surface area is 307 Å². The molecular formula is C38H48N4O11. The van der Waals surface area contributed by atoms with Gasteiger partial charge >= 0.3 is 0 Å². The maximum Gasteiger partial charge on any atom is 0.255 e. The van der Waals surface area contributed by atoms with Gasteiger partial charge in [0.05, 0.1) is 55.2 Å². The fourth-order valence-electron chi connectivity index (χ4n) is 7.91. The minimum Gasteiger partial charge on any atom is -0.508 e. The van der Waals surface area contributed by atoms with Crippen LogP contribution in [0, 0.1) is 11.8 Å². The zero-order valence-corrected chi connectivity index (χ0v) is 30.1. The number of fused-ring (bicyclic) bond motifs is 3. The van der Waals surface area contributed by atoms with Crippen molar-refractivity contribution in [3.8, 4) is 17.2 Å². The molecule has 9 N–H and O–H groups in total. The number of hydrogen-bond donors (Lipinski definition) is 8.